The molecule has 0 heterocycles. The summed E-state index contributed by atoms with van der Waals surface area (Å²) >= 11 is 0. The molecule has 0 unspecified atom stereocenters. The number of aliphatic hydroxyl groups excluding tert-OH is 5. The molecule has 0 aromatic heterocycles. The summed E-state index contributed by atoms with van der Waals surface area (Å²) in [7, 11) is 0. The Labute approximate surface area is 188 Å². The summed E-state index contributed by atoms with van der Waals surface area (Å²) < 4.78 is 4.90. The minimum absolute atomic E-state index is 0.253. The molecule has 4 atom stereocenters. The molecule has 0 bridgehead atoms. The van der Waals surface area contributed by atoms with Gasteiger partial charge in [-0.15, -0.1) is 0 Å². The molecule has 7 heteroatoms. The molecule has 0 aliphatic rings. The first-order chi connectivity index (χ1) is 14.9. The van der Waals surface area contributed by atoms with E-state index in [1.807, 2.05) is 0 Å². The summed E-state index contributed by atoms with van der Waals surface area (Å²) in [5.41, 5.74) is 0. The maximum atomic E-state index is 11.7. The van der Waals surface area contributed by atoms with Crippen LogP contribution in [0.2, 0.25) is 0 Å². The van der Waals surface area contributed by atoms with Crippen LogP contribution in [0.15, 0.2) is 0 Å². The predicted molar refractivity (Wildman–Crippen MR) is 122 cm³/mol. The van der Waals surface area contributed by atoms with Crippen LogP contribution in [-0.2, 0) is 9.53 Å². The molecular formula is C24H48O7. The minimum Gasteiger partial charge on any atom is -0.463 e. The fraction of sp³-hybridized carbons (Fsp3) is 0.958. The summed E-state index contributed by atoms with van der Waals surface area (Å²) in [6.07, 6.45) is 12.5. The Morgan fingerprint density at radius 1 is 0.645 bits per heavy atom. The highest BCUT2D eigenvalue weighted by atomic mass is 16.5. The highest BCUT2D eigenvalue weighted by Gasteiger charge is 2.30. The largest absolute Gasteiger partial charge is 0.463 e. The van der Waals surface area contributed by atoms with E-state index in [1.54, 1.807) is 0 Å². The molecule has 0 spiro atoms. The molecule has 0 aromatic rings. The summed E-state index contributed by atoms with van der Waals surface area (Å²) in [4.78, 5) is 11.7. The normalized spacial score (nSPS) is 15.4. The first-order valence-corrected chi connectivity index (χ1v) is 12.4. The zero-order valence-electron chi connectivity index (χ0n) is 19.6. The van der Waals surface area contributed by atoms with Crippen LogP contribution in [0.25, 0.3) is 0 Å². The summed E-state index contributed by atoms with van der Waals surface area (Å²) in [5, 5.41) is 46.8. The molecule has 0 fully saturated rings. The average Bonchev–Trinajstić information content (AvgIpc) is 2.78. The fourth-order valence-electron chi connectivity index (χ4n) is 3.55. The van der Waals surface area contributed by atoms with E-state index < -0.39 is 43.6 Å². The molecule has 31 heavy (non-hydrogen) atoms. The lowest BCUT2D eigenvalue weighted by molar-refractivity contribution is -0.156. The lowest BCUT2D eigenvalue weighted by Crippen LogP contribution is -2.47. The van der Waals surface area contributed by atoms with E-state index in [4.69, 9.17) is 9.84 Å². The smallest absolute Gasteiger partial charge is 0.305 e. The van der Waals surface area contributed by atoms with Gasteiger partial charge in [-0.3, -0.25) is 4.79 Å². The second-order valence-corrected chi connectivity index (χ2v) is 8.68. The number of rotatable bonds is 22. The van der Waals surface area contributed by atoms with Gasteiger partial charge in [-0.05, 0) is 6.42 Å². The van der Waals surface area contributed by atoms with Crippen LogP contribution in [-0.4, -0.2) is 69.1 Å². The maximum Gasteiger partial charge on any atom is 0.305 e. The van der Waals surface area contributed by atoms with Crippen LogP contribution in [0.4, 0.5) is 0 Å². The predicted octanol–water partition coefficient (Wildman–Crippen LogP) is 3.23. The van der Waals surface area contributed by atoms with Crippen molar-refractivity contribution in [2.75, 3.05) is 13.2 Å². The third-order valence-corrected chi connectivity index (χ3v) is 5.72. The van der Waals surface area contributed by atoms with E-state index in [9.17, 15) is 25.2 Å². The number of hydrogen-bond donors (Lipinski definition) is 5. The number of hydrogen-bond acceptors (Lipinski definition) is 7. The van der Waals surface area contributed by atoms with Gasteiger partial charge in [-0.25, -0.2) is 0 Å². The molecule has 0 rings (SSSR count). The third kappa shape index (κ3) is 17.5. The Morgan fingerprint density at radius 2 is 1.03 bits per heavy atom. The molecular weight excluding hydrogens is 400 g/mol. The van der Waals surface area contributed by atoms with E-state index >= 15 is 0 Å². The van der Waals surface area contributed by atoms with Crippen molar-refractivity contribution in [1.29, 1.82) is 0 Å². The minimum atomic E-state index is -1.71. The molecule has 0 aliphatic heterocycles. The molecule has 0 aliphatic carbocycles. The van der Waals surface area contributed by atoms with Gasteiger partial charge >= 0.3 is 5.97 Å². The molecule has 186 valence electrons. The monoisotopic (exact) mass is 448 g/mol. The van der Waals surface area contributed by atoms with Gasteiger partial charge in [-0.1, -0.05) is 96.8 Å². The quantitative estimate of drug-likeness (QED) is 0.127. The maximum absolute atomic E-state index is 11.7. The SMILES string of the molecule is CCCCCCCCCCCCCCCCCC(=O)OC[C@H](O)[C@H](O)[C@@H](O)[C@@H](O)CO. The van der Waals surface area contributed by atoms with E-state index in [0.717, 1.165) is 19.3 Å². The van der Waals surface area contributed by atoms with Gasteiger partial charge in [-0.2, -0.15) is 0 Å². The number of unbranched alkanes of at least 4 members (excludes halogenated alkanes) is 14. The Balaban J connectivity index is 3.46. The van der Waals surface area contributed by atoms with Gasteiger partial charge < -0.3 is 30.3 Å². The van der Waals surface area contributed by atoms with E-state index in [0.29, 0.717) is 0 Å². The van der Waals surface area contributed by atoms with Crippen molar-refractivity contribution in [3.63, 3.8) is 0 Å². The van der Waals surface area contributed by atoms with E-state index in [1.165, 1.54) is 77.0 Å². The van der Waals surface area contributed by atoms with Gasteiger partial charge in [0, 0.05) is 6.42 Å². The van der Waals surface area contributed by atoms with Gasteiger partial charge in [0.05, 0.1) is 6.61 Å². The Kier molecular flexibility index (Phi) is 20.6. The molecule has 5 N–H and O–H groups in total. The van der Waals surface area contributed by atoms with Gasteiger partial charge in [0.15, 0.2) is 0 Å². The summed E-state index contributed by atoms with van der Waals surface area (Å²) in [6.45, 7) is 1.04. The number of aliphatic hydroxyl groups is 5. The summed E-state index contributed by atoms with van der Waals surface area (Å²) in [6, 6.07) is 0. The number of carbonyl (C=O) groups excluding carboxylic acids is 1. The van der Waals surface area contributed by atoms with Crippen LogP contribution in [0.1, 0.15) is 110 Å². The number of esters is 1. The van der Waals surface area contributed by atoms with Crippen LogP contribution < -0.4 is 0 Å². The molecule has 7 nitrogen and oxygen atoms in total. The van der Waals surface area contributed by atoms with E-state index in [-0.39, 0.29) is 6.42 Å². The lowest BCUT2D eigenvalue weighted by atomic mass is 10.0. The first-order valence-electron chi connectivity index (χ1n) is 12.4. The van der Waals surface area contributed by atoms with Crippen molar-refractivity contribution in [2.24, 2.45) is 0 Å². The van der Waals surface area contributed by atoms with Crippen molar-refractivity contribution >= 4 is 5.97 Å². The third-order valence-electron chi connectivity index (χ3n) is 5.72. The first kappa shape index (κ1) is 30.3. The van der Waals surface area contributed by atoms with Gasteiger partial charge in [0.1, 0.15) is 31.0 Å². The average molecular weight is 449 g/mol. The number of ether oxygens (including phenoxy) is 1. The Morgan fingerprint density at radius 3 is 1.45 bits per heavy atom. The van der Waals surface area contributed by atoms with E-state index in [2.05, 4.69) is 6.92 Å². The van der Waals surface area contributed by atoms with Crippen molar-refractivity contribution in [2.45, 2.75) is 134 Å². The molecule has 0 aromatic carbocycles. The second kappa shape index (κ2) is 21.1. The lowest BCUT2D eigenvalue weighted by Gasteiger charge is -2.25. The highest BCUT2D eigenvalue weighted by molar-refractivity contribution is 5.69. The van der Waals surface area contributed by atoms with Gasteiger partial charge in [0.2, 0.25) is 0 Å². The molecule has 0 radical (unpaired) electrons. The van der Waals surface area contributed by atoms with Gasteiger partial charge in [0.25, 0.3) is 0 Å². The molecule has 0 saturated carbocycles. The molecule has 0 amide bonds. The second-order valence-electron chi connectivity index (χ2n) is 8.68. The van der Waals surface area contributed by atoms with Crippen LogP contribution in [0.3, 0.4) is 0 Å². The Hall–Kier alpha value is -0.730. The number of carbonyl (C=O) groups is 1. The standard InChI is InChI=1S/C24H48O7/c1-2-3-4-5-6-7-8-9-10-11-12-13-14-15-16-17-22(28)31-19-21(27)24(30)23(29)20(26)18-25/h20-21,23-27,29-30H,2-19H2,1H3/t20-,21-,23-,24-/m0/s1. The van der Waals surface area contributed by atoms with Crippen LogP contribution in [0.5, 0.6) is 0 Å². The van der Waals surface area contributed by atoms with Crippen LogP contribution >= 0.6 is 0 Å². The topological polar surface area (TPSA) is 127 Å². The Bertz CT molecular complexity index is 405. The van der Waals surface area contributed by atoms with Crippen molar-refractivity contribution in [3.8, 4) is 0 Å². The molecule has 0 saturated heterocycles. The zero-order chi connectivity index (χ0) is 23.3. The van der Waals surface area contributed by atoms with Crippen molar-refractivity contribution in [3.05, 3.63) is 0 Å². The fourth-order valence-corrected chi connectivity index (χ4v) is 3.55. The van der Waals surface area contributed by atoms with Crippen LogP contribution in [0, 0.1) is 0 Å². The highest BCUT2D eigenvalue weighted by Crippen LogP contribution is 2.14. The van der Waals surface area contributed by atoms with Crippen molar-refractivity contribution < 1.29 is 35.1 Å². The summed E-state index contributed by atoms with van der Waals surface area (Å²) in [5.74, 6) is -0.460. The van der Waals surface area contributed by atoms with Crippen molar-refractivity contribution in [1.82, 2.24) is 0 Å². The zero-order valence-corrected chi connectivity index (χ0v) is 19.6.